The molecular formula is C14H15N3O3. The van der Waals surface area contributed by atoms with Gasteiger partial charge in [-0.05, 0) is 37.1 Å². The number of carboxylic acid groups (broad SMARTS) is 1. The summed E-state index contributed by atoms with van der Waals surface area (Å²) in [6.07, 6.45) is 1.17. The topological polar surface area (TPSA) is 84.2 Å². The van der Waals surface area contributed by atoms with Gasteiger partial charge < -0.3 is 10.4 Å². The van der Waals surface area contributed by atoms with E-state index in [4.69, 9.17) is 5.11 Å². The third kappa shape index (κ3) is 2.69. The minimum Gasteiger partial charge on any atom is -0.478 e. The van der Waals surface area contributed by atoms with E-state index in [1.165, 1.54) is 17.9 Å². The van der Waals surface area contributed by atoms with Gasteiger partial charge in [0.15, 0.2) is 0 Å². The standard InChI is InChI=1S/C14H15N3O3/c1-8-4-9(2)6-10(5-8)16-13(18)12-11(14(19)20)7-15-17(12)3/h4-7H,1-3H3,(H,16,18)(H,19,20). The first-order valence-corrected chi connectivity index (χ1v) is 6.03. The number of anilines is 1. The molecular weight excluding hydrogens is 258 g/mol. The lowest BCUT2D eigenvalue weighted by atomic mass is 10.1. The Morgan fingerprint density at radius 2 is 1.80 bits per heavy atom. The zero-order valence-corrected chi connectivity index (χ0v) is 11.5. The summed E-state index contributed by atoms with van der Waals surface area (Å²) >= 11 is 0. The van der Waals surface area contributed by atoms with Crippen LogP contribution >= 0.6 is 0 Å². The van der Waals surface area contributed by atoms with Gasteiger partial charge in [0.2, 0.25) is 0 Å². The molecule has 0 aliphatic rings. The van der Waals surface area contributed by atoms with Crippen LogP contribution in [-0.2, 0) is 7.05 Å². The lowest BCUT2D eigenvalue weighted by Crippen LogP contribution is -2.19. The maximum Gasteiger partial charge on any atom is 0.339 e. The highest BCUT2D eigenvalue weighted by Gasteiger charge is 2.21. The lowest BCUT2D eigenvalue weighted by molar-refractivity contribution is 0.0692. The molecule has 0 saturated carbocycles. The van der Waals surface area contributed by atoms with Gasteiger partial charge >= 0.3 is 5.97 Å². The van der Waals surface area contributed by atoms with Crippen molar-refractivity contribution >= 4 is 17.6 Å². The molecule has 1 aromatic carbocycles. The molecule has 2 rings (SSSR count). The van der Waals surface area contributed by atoms with Crippen LogP contribution in [-0.4, -0.2) is 26.8 Å². The predicted octanol–water partition coefficient (Wildman–Crippen LogP) is 1.99. The van der Waals surface area contributed by atoms with E-state index >= 15 is 0 Å². The van der Waals surface area contributed by atoms with E-state index in [0.717, 1.165) is 11.1 Å². The van der Waals surface area contributed by atoms with Crippen LogP contribution in [0.25, 0.3) is 0 Å². The normalized spacial score (nSPS) is 10.3. The van der Waals surface area contributed by atoms with Gasteiger partial charge in [-0.25, -0.2) is 4.79 Å². The van der Waals surface area contributed by atoms with Gasteiger partial charge in [-0.1, -0.05) is 6.07 Å². The molecule has 1 heterocycles. The van der Waals surface area contributed by atoms with Gasteiger partial charge in [-0.3, -0.25) is 9.48 Å². The van der Waals surface area contributed by atoms with E-state index in [1.54, 1.807) is 0 Å². The monoisotopic (exact) mass is 273 g/mol. The first-order chi connectivity index (χ1) is 9.38. The fourth-order valence-electron chi connectivity index (χ4n) is 2.10. The summed E-state index contributed by atoms with van der Waals surface area (Å²) in [5, 5.41) is 15.6. The molecule has 1 aromatic heterocycles. The average Bonchev–Trinajstić information content (AvgIpc) is 2.69. The number of nitrogens with zero attached hydrogens (tertiary/aromatic N) is 2. The van der Waals surface area contributed by atoms with Gasteiger partial charge in [0.1, 0.15) is 11.3 Å². The molecule has 1 amide bonds. The number of nitrogens with one attached hydrogen (secondary N) is 1. The first kappa shape index (κ1) is 13.8. The molecule has 0 radical (unpaired) electrons. The summed E-state index contributed by atoms with van der Waals surface area (Å²) < 4.78 is 1.25. The number of rotatable bonds is 3. The van der Waals surface area contributed by atoms with Gasteiger partial charge in [0, 0.05) is 12.7 Å². The van der Waals surface area contributed by atoms with Crippen LogP contribution < -0.4 is 5.32 Å². The second-order valence-corrected chi connectivity index (χ2v) is 4.67. The Balaban J connectivity index is 2.33. The maximum atomic E-state index is 12.2. The van der Waals surface area contributed by atoms with Crippen molar-refractivity contribution in [2.24, 2.45) is 7.05 Å². The van der Waals surface area contributed by atoms with Crippen LogP contribution in [0.3, 0.4) is 0 Å². The molecule has 2 N–H and O–H groups in total. The van der Waals surface area contributed by atoms with Gasteiger partial charge in [-0.15, -0.1) is 0 Å². The quantitative estimate of drug-likeness (QED) is 0.895. The van der Waals surface area contributed by atoms with Crippen molar-refractivity contribution in [1.29, 1.82) is 0 Å². The van der Waals surface area contributed by atoms with Crippen LogP contribution in [0.2, 0.25) is 0 Å². The molecule has 0 fully saturated rings. The highest BCUT2D eigenvalue weighted by Crippen LogP contribution is 2.16. The number of carbonyl (C=O) groups is 2. The summed E-state index contributed by atoms with van der Waals surface area (Å²) in [6.45, 7) is 3.85. The molecule has 0 unspecified atom stereocenters. The van der Waals surface area contributed by atoms with E-state index in [-0.39, 0.29) is 11.3 Å². The van der Waals surface area contributed by atoms with Crippen molar-refractivity contribution in [1.82, 2.24) is 9.78 Å². The van der Waals surface area contributed by atoms with E-state index in [0.29, 0.717) is 5.69 Å². The molecule has 104 valence electrons. The van der Waals surface area contributed by atoms with E-state index in [2.05, 4.69) is 10.4 Å². The number of carbonyl (C=O) groups excluding carboxylic acids is 1. The predicted molar refractivity (Wildman–Crippen MR) is 74.0 cm³/mol. The number of amides is 1. The molecule has 0 aliphatic carbocycles. The number of hydrogen-bond acceptors (Lipinski definition) is 3. The molecule has 6 heteroatoms. The van der Waals surface area contributed by atoms with Crippen LogP contribution in [0, 0.1) is 13.8 Å². The molecule has 0 bridgehead atoms. The zero-order valence-electron chi connectivity index (χ0n) is 11.5. The Morgan fingerprint density at radius 1 is 1.20 bits per heavy atom. The number of aromatic carboxylic acids is 1. The third-order valence-electron chi connectivity index (χ3n) is 2.86. The van der Waals surface area contributed by atoms with Crippen molar-refractivity contribution in [2.45, 2.75) is 13.8 Å². The smallest absolute Gasteiger partial charge is 0.339 e. The number of aryl methyl sites for hydroxylation is 3. The number of benzene rings is 1. The van der Waals surface area contributed by atoms with Crippen LogP contribution in [0.4, 0.5) is 5.69 Å². The van der Waals surface area contributed by atoms with Crippen LogP contribution in [0.1, 0.15) is 32.0 Å². The van der Waals surface area contributed by atoms with Crippen molar-refractivity contribution in [3.05, 3.63) is 46.8 Å². The van der Waals surface area contributed by atoms with Crippen molar-refractivity contribution < 1.29 is 14.7 Å². The summed E-state index contributed by atoms with van der Waals surface area (Å²) in [7, 11) is 1.53. The van der Waals surface area contributed by atoms with Gasteiger partial charge in [0.05, 0.1) is 6.20 Å². The molecule has 0 atom stereocenters. The van der Waals surface area contributed by atoms with Crippen LogP contribution in [0.5, 0.6) is 0 Å². The SMILES string of the molecule is Cc1cc(C)cc(NC(=O)c2c(C(=O)O)cnn2C)c1. The number of aromatic nitrogens is 2. The zero-order chi connectivity index (χ0) is 14.9. The van der Waals surface area contributed by atoms with Crippen molar-refractivity contribution in [2.75, 3.05) is 5.32 Å². The molecule has 0 spiro atoms. The Morgan fingerprint density at radius 3 is 2.35 bits per heavy atom. The van der Waals surface area contributed by atoms with Gasteiger partial charge in [0.25, 0.3) is 5.91 Å². The van der Waals surface area contributed by atoms with Crippen molar-refractivity contribution in [3.8, 4) is 0 Å². The summed E-state index contributed by atoms with van der Waals surface area (Å²) in [4.78, 5) is 23.3. The van der Waals surface area contributed by atoms with Gasteiger partial charge in [-0.2, -0.15) is 5.10 Å². The minimum atomic E-state index is -1.18. The Hall–Kier alpha value is -2.63. The highest BCUT2D eigenvalue weighted by molar-refractivity contribution is 6.09. The summed E-state index contributed by atoms with van der Waals surface area (Å²) in [6, 6.07) is 5.63. The Bertz CT molecular complexity index is 669. The average molecular weight is 273 g/mol. The fraction of sp³-hybridized carbons (Fsp3) is 0.214. The Labute approximate surface area is 116 Å². The molecule has 20 heavy (non-hydrogen) atoms. The second-order valence-electron chi connectivity index (χ2n) is 4.67. The molecule has 0 saturated heterocycles. The number of hydrogen-bond donors (Lipinski definition) is 2. The fourth-order valence-corrected chi connectivity index (χ4v) is 2.10. The molecule has 0 aliphatic heterocycles. The largest absolute Gasteiger partial charge is 0.478 e. The van der Waals surface area contributed by atoms with Crippen LogP contribution in [0.15, 0.2) is 24.4 Å². The maximum absolute atomic E-state index is 12.2. The van der Waals surface area contributed by atoms with E-state index in [9.17, 15) is 9.59 Å². The first-order valence-electron chi connectivity index (χ1n) is 6.03. The number of carboxylic acids is 1. The van der Waals surface area contributed by atoms with Crippen molar-refractivity contribution in [3.63, 3.8) is 0 Å². The molecule has 2 aromatic rings. The summed E-state index contributed by atoms with van der Waals surface area (Å²) in [5.74, 6) is -1.67. The molecule has 6 nitrogen and oxygen atoms in total. The second kappa shape index (κ2) is 5.16. The Kier molecular flexibility index (Phi) is 3.56. The third-order valence-corrected chi connectivity index (χ3v) is 2.86. The lowest BCUT2D eigenvalue weighted by Gasteiger charge is -2.08. The summed E-state index contributed by atoms with van der Waals surface area (Å²) in [5.41, 5.74) is 2.57. The van der Waals surface area contributed by atoms with E-state index < -0.39 is 11.9 Å². The minimum absolute atomic E-state index is 0.0247. The van der Waals surface area contributed by atoms with E-state index in [1.807, 2.05) is 32.0 Å². The highest BCUT2D eigenvalue weighted by atomic mass is 16.4.